The quantitative estimate of drug-likeness (QED) is 0.798. The van der Waals surface area contributed by atoms with Gasteiger partial charge in [0.25, 0.3) is 0 Å². The van der Waals surface area contributed by atoms with E-state index in [1.165, 1.54) is 12.1 Å². The van der Waals surface area contributed by atoms with Gasteiger partial charge in [-0.15, -0.1) is 0 Å². The molecule has 0 aliphatic carbocycles. The molecular weight excluding hydrogens is 179 g/mol. The van der Waals surface area contributed by atoms with E-state index in [2.05, 4.69) is 11.4 Å². The number of nitriles is 1. The van der Waals surface area contributed by atoms with Gasteiger partial charge in [-0.1, -0.05) is 12.1 Å². The highest BCUT2D eigenvalue weighted by atomic mass is 19.1. The molecule has 0 radical (unpaired) electrons. The fourth-order valence-corrected chi connectivity index (χ4v) is 1.20. The second-order valence-electron chi connectivity index (χ2n) is 3.44. The Morgan fingerprint density at radius 1 is 1.29 bits per heavy atom. The molecule has 0 saturated heterocycles. The van der Waals surface area contributed by atoms with E-state index < -0.39 is 0 Å². The van der Waals surface area contributed by atoms with Crippen molar-refractivity contribution < 1.29 is 4.39 Å². The van der Waals surface area contributed by atoms with Gasteiger partial charge in [-0.25, -0.2) is 4.39 Å². The molecule has 0 aromatic heterocycles. The van der Waals surface area contributed by atoms with Crippen molar-refractivity contribution in [1.29, 1.82) is 5.26 Å². The highest BCUT2D eigenvalue weighted by Gasteiger charge is 2.10. The lowest BCUT2D eigenvalue weighted by molar-refractivity contribution is 0.545. The zero-order valence-electron chi connectivity index (χ0n) is 8.29. The first-order chi connectivity index (χ1) is 6.63. The van der Waals surface area contributed by atoms with Crippen molar-refractivity contribution >= 4 is 0 Å². The smallest absolute Gasteiger partial charge is 0.123 e. The zero-order valence-corrected chi connectivity index (χ0v) is 8.29. The average Bonchev–Trinajstić information content (AvgIpc) is 2.15. The number of nitrogens with one attached hydrogen (secondary N) is 1. The van der Waals surface area contributed by atoms with Gasteiger partial charge in [0.05, 0.1) is 6.07 Å². The number of rotatable bonds is 3. The fourth-order valence-electron chi connectivity index (χ4n) is 1.20. The maximum Gasteiger partial charge on any atom is 0.123 e. The first-order valence-electron chi connectivity index (χ1n) is 4.54. The summed E-state index contributed by atoms with van der Waals surface area (Å²) in [6.45, 7) is 3.93. The first kappa shape index (κ1) is 10.7. The van der Waals surface area contributed by atoms with Crippen LogP contribution in [-0.2, 0) is 0 Å². The summed E-state index contributed by atoms with van der Waals surface area (Å²) in [7, 11) is 0. The van der Waals surface area contributed by atoms with Crippen LogP contribution in [0.2, 0.25) is 0 Å². The summed E-state index contributed by atoms with van der Waals surface area (Å²) in [6.07, 6.45) is 0. The maximum atomic E-state index is 12.6. The van der Waals surface area contributed by atoms with E-state index >= 15 is 0 Å². The molecule has 1 N–H and O–H groups in total. The molecule has 0 spiro atoms. The number of hydrogen-bond acceptors (Lipinski definition) is 2. The van der Waals surface area contributed by atoms with Crippen LogP contribution in [0.5, 0.6) is 0 Å². The minimum absolute atomic E-state index is 0.227. The van der Waals surface area contributed by atoms with Crippen LogP contribution < -0.4 is 5.32 Å². The standard InChI is InChI=1S/C11H13FN2/c1-8(2)14-11(7-13)9-3-5-10(12)6-4-9/h3-6,8,11,14H,1-2H3. The molecule has 0 saturated carbocycles. The predicted molar refractivity (Wildman–Crippen MR) is 53.0 cm³/mol. The Labute approximate surface area is 83.4 Å². The van der Waals surface area contributed by atoms with E-state index in [1.54, 1.807) is 12.1 Å². The molecular formula is C11H13FN2. The molecule has 3 heteroatoms. The van der Waals surface area contributed by atoms with Crippen molar-refractivity contribution in [3.63, 3.8) is 0 Å². The van der Waals surface area contributed by atoms with Gasteiger partial charge >= 0.3 is 0 Å². The number of hydrogen-bond donors (Lipinski definition) is 1. The Balaban J connectivity index is 2.80. The lowest BCUT2D eigenvalue weighted by atomic mass is 10.1. The van der Waals surface area contributed by atoms with Crippen LogP contribution in [0.4, 0.5) is 4.39 Å². The molecule has 14 heavy (non-hydrogen) atoms. The van der Waals surface area contributed by atoms with Crippen LogP contribution in [0.25, 0.3) is 0 Å². The van der Waals surface area contributed by atoms with Crippen molar-refractivity contribution in [2.45, 2.75) is 25.9 Å². The monoisotopic (exact) mass is 192 g/mol. The third kappa shape index (κ3) is 2.82. The Morgan fingerprint density at radius 3 is 2.29 bits per heavy atom. The molecule has 1 aromatic carbocycles. The Bertz CT molecular complexity index is 324. The fraction of sp³-hybridized carbons (Fsp3) is 0.364. The van der Waals surface area contributed by atoms with Gasteiger partial charge in [-0.05, 0) is 31.5 Å². The minimum atomic E-state index is -0.365. The lowest BCUT2D eigenvalue weighted by Crippen LogP contribution is -2.27. The lowest BCUT2D eigenvalue weighted by Gasteiger charge is -2.14. The summed E-state index contributed by atoms with van der Waals surface area (Å²) in [5, 5.41) is 12.0. The normalized spacial score (nSPS) is 12.5. The molecule has 2 nitrogen and oxygen atoms in total. The predicted octanol–water partition coefficient (Wildman–Crippen LogP) is 2.39. The van der Waals surface area contributed by atoms with E-state index in [0.717, 1.165) is 5.56 Å². The molecule has 74 valence electrons. The summed E-state index contributed by atoms with van der Waals surface area (Å²) < 4.78 is 12.6. The summed E-state index contributed by atoms with van der Waals surface area (Å²) in [6, 6.07) is 7.97. The SMILES string of the molecule is CC(C)NC(C#N)c1ccc(F)cc1. The first-order valence-corrected chi connectivity index (χ1v) is 4.54. The zero-order chi connectivity index (χ0) is 10.6. The Morgan fingerprint density at radius 2 is 1.86 bits per heavy atom. The summed E-state index contributed by atoms with van der Waals surface area (Å²) >= 11 is 0. The van der Waals surface area contributed by atoms with E-state index in [0.29, 0.717) is 0 Å². The van der Waals surface area contributed by atoms with Crippen LogP contribution in [0.3, 0.4) is 0 Å². The molecule has 0 amide bonds. The second-order valence-corrected chi connectivity index (χ2v) is 3.44. The number of nitrogens with zero attached hydrogens (tertiary/aromatic N) is 1. The summed E-state index contributed by atoms with van der Waals surface area (Å²) in [5.74, 6) is -0.282. The maximum absolute atomic E-state index is 12.6. The molecule has 1 unspecified atom stereocenters. The van der Waals surface area contributed by atoms with E-state index in [1.807, 2.05) is 13.8 Å². The highest BCUT2D eigenvalue weighted by Crippen LogP contribution is 2.13. The molecule has 0 fully saturated rings. The van der Waals surface area contributed by atoms with Crippen LogP contribution in [0, 0.1) is 17.1 Å². The third-order valence-electron chi connectivity index (χ3n) is 1.83. The molecule has 0 aliphatic heterocycles. The number of halogens is 1. The van der Waals surface area contributed by atoms with Gasteiger partial charge in [-0.2, -0.15) is 5.26 Å². The third-order valence-corrected chi connectivity index (χ3v) is 1.83. The summed E-state index contributed by atoms with van der Waals surface area (Å²) in [5.41, 5.74) is 0.794. The van der Waals surface area contributed by atoms with Crippen molar-refractivity contribution in [2.24, 2.45) is 0 Å². The van der Waals surface area contributed by atoms with Crippen LogP contribution in [0.1, 0.15) is 25.5 Å². The van der Waals surface area contributed by atoms with E-state index in [9.17, 15) is 4.39 Å². The van der Waals surface area contributed by atoms with Gasteiger partial charge in [0.15, 0.2) is 0 Å². The van der Waals surface area contributed by atoms with Gasteiger partial charge in [-0.3, -0.25) is 5.32 Å². The molecule has 1 rings (SSSR count). The van der Waals surface area contributed by atoms with E-state index in [4.69, 9.17) is 5.26 Å². The topological polar surface area (TPSA) is 35.8 Å². The average molecular weight is 192 g/mol. The van der Waals surface area contributed by atoms with Crippen molar-refractivity contribution in [2.75, 3.05) is 0 Å². The van der Waals surface area contributed by atoms with Gasteiger partial charge in [0.1, 0.15) is 11.9 Å². The van der Waals surface area contributed by atoms with Crippen molar-refractivity contribution in [3.05, 3.63) is 35.6 Å². The molecule has 0 aliphatic rings. The molecule has 1 aromatic rings. The van der Waals surface area contributed by atoms with Gasteiger partial charge in [0, 0.05) is 6.04 Å². The second kappa shape index (κ2) is 4.73. The molecule has 0 bridgehead atoms. The van der Waals surface area contributed by atoms with E-state index in [-0.39, 0.29) is 17.9 Å². The van der Waals surface area contributed by atoms with Crippen molar-refractivity contribution in [1.82, 2.24) is 5.32 Å². The van der Waals surface area contributed by atoms with Gasteiger partial charge < -0.3 is 0 Å². The molecule has 1 atom stereocenters. The van der Waals surface area contributed by atoms with Gasteiger partial charge in [0.2, 0.25) is 0 Å². The highest BCUT2D eigenvalue weighted by molar-refractivity contribution is 5.24. The van der Waals surface area contributed by atoms with Crippen LogP contribution >= 0.6 is 0 Å². The Kier molecular flexibility index (Phi) is 3.61. The minimum Gasteiger partial charge on any atom is -0.296 e. The van der Waals surface area contributed by atoms with Crippen molar-refractivity contribution in [3.8, 4) is 6.07 Å². The number of benzene rings is 1. The summed E-state index contributed by atoms with van der Waals surface area (Å²) in [4.78, 5) is 0. The molecule has 0 heterocycles. The Hall–Kier alpha value is -1.40. The largest absolute Gasteiger partial charge is 0.296 e. The van der Waals surface area contributed by atoms with Crippen LogP contribution in [-0.4, -0.2) is 6.04 Å². The van der Waals surface area contributed by atoms with Crippen LogP contribution in [0.15, 0.2) is 24.3 Å².